The minimum Gasteiger partial charge on any atom is -0.383 e. The van der Waals surface area contributed by atoms with Crippen LogP contribution in [-0.2, 0) is 23.1 Å². The van der Waals surface area contributed by atoms with Crippen molar-refractivity contribution in [2.24, 2.45) is 7.05 Å². The number of methoxy groups -OCH3 is 1. The Morgan fingerprint density at radius 3 is 3.00 bits per heavy atom. The molecule has 1 aromatic heterocycles. The van der Waals surface area contributed by atoms with Gasteiger partial charge < -0.3 is 14.6 Å². The van der Waals surface area contributed by atoms with E-state index in [-0.39, 0.29) is 11.9 Å². The highest BCUT2D eigenvalue weighted by molar-refractivity contribution is 5.81. The second kappa shape index (κ2) is 7.03. The summed E-state index contributed by atoms with van der Waals surface area (Å²) in [5, 5.41) is 5.89. The van der Waals surface area contributed by atoms with Crippen LogP contribution in [0.1, 0.15) is 12.7 Å². The summed E-state index contributed by atoms with van der Waals surface area (Å²) in [6, 6.07) is -0.247. The van der Waals surface area contributed by atoms with Gasteiger partial charge in [0.2, 0.25) is 5.91 Å². The van der Waals surface area contributed by atoms with Crippen molar-refractivity contribution in [3.05, 3.63) is 18.2 Å². The molecule has 96 valence electrons. The number of hydrogen-bond donors (Lipinski definition) is 2. The summed E-state index contributed by atoms with van der Waals surface area (Å²) in [5.74, 6) is 0.873. The van der Waals surface area contributed by atoms with E-state index in [1.807, 2.05) is 24.7 Å². The molecule has 1 aromatic rings. The van der Waals surface area contributed by atoms with Crippen LogP contribution in [0, 0.1) is 0 Å². The summed E-state index contributed by atoms with van der Waals surface area (Å²) in [4.78, 5) is 15.8. The Morgan fingerprint density at radius 2 is 2.41 bits per heavy atom. The Bertz CT molecular complexity index is 351. The first-order valence-corrected chi connectivity index (χ1v) is 5.61. The number of carbonyl (C=O) groups excluding carboxylic acids is 1. The normalized spacial score (nSPS) is 12.4. The first-order chi connectivity index (χ1) is 8.15. The van der Waals surface area contributed by atoms with Gasteiger partial charge in [0.05, 0.1) is 19.2 Å². The van der Waals surface area contributed by atoms with Crippen LogP contribution in [0.5, 0.6) is 0 Å². The monoisotopic (exact) mass is 240 g/mol. The predicted molar refractivity (Wildman–Crippen MR) is 64.4 cm³/mol. The van der Waals surface area contributed by atoms with Gasteiger partial charge in [-0.15, -0.1) is 0 Å². The number of nitrogens with zero attached hydrogens (tertiary/aromatic N) is 2. The van der Waals surface area contributed by atoms with E-state index in [1.54, 1.807) is 13.3 Å². The number of ether oxygens (including phenoxy) is 1. The lowest BCUT2D eigenvalue weighted by Crippen LogP contribution is -2.43. The van der Waals surface area contributed by atoms with E-state index >= 15 is 0 Å². The van der Waals surface area contributed by atoms with Gasteiger partial charge in [0.25, 0.3) is 0 Å². The number of aryl methyl sites for hydroxylation is 1. The molecule has 0 aliphatic heterocycles. The Hall–Kier alpha value is -1.40. The molecule has 0 saturated heterocycles. The van der Waals surface area contributed by atoms with Crippen molar-refractivity contribution >= 4 is 5.91 Å². The molecule has 1 atom stereocenters. The summed E-state index contributed by atoms with van der Waals surface area (Å²) < 4.78 is 6.78. The van der Waals surface area contributed by atoms with Crippen LogP contribution in [0.25, 0.3) is 0 Å². The van der Waals surface area contributed by atoms with Gasteiger partial charge in [0.15, 0.2) is 0 Å². The second-order valence-corrected chi connectivity index (χ2v) is 3.84. The quantitative estimate of drug-likeness (QED) is 0.640. The van der Waals surface area contributed by atoms with Gasteiger partial charge in [-0.1, -0.05) is 0 Å². The van der Waals surface area contributed by atoms with Gasteiger partial charge in [-0.3, -0.25) is 10.1 Å². The molecule has 1 unspecified atom stereocenters. The smallest absolute Gasteiger partial charge is 0.236 e. The average molecular weight is 240 g/mol. The molecule has 0 aliphatic rings. The van der Waals surface area contributed by atoms with Crippen LogP contribution < -0.4 is 10.6 Å². The number of amides is 1. The number of carbonyl (C=O) groups is 1. The molecule has 6 heteroatoms. The Kier molecular flexibility index (Phi) is 5.65. The van der Waals surface area contributed by atoms with Crippen molar-refractivity contribution in [3.63, 3.8) is 0 Å². The SMILES string of the molecule is COCCNC(=O)C(C)NCc1nccn1C. The largest absolute Gasteiger partial charge is 0.383 e. The average Bonchev–Trinajstić information content (AvgIpc) is 2.72. The van der Waals surface area contributed by atoms with E-state index in [1.165, 1.54) is 0 Å². The number of aromatic nitrogens is 2. The highest BCUT2D eigenvalue weighted by atomic mass is 16.5. The van der Waals surface area contributed by atoms with Gasteiger partial charge in [-0.25, -0.2) is 4.98 Å². The van der Waals surface area contributed by atoms with Crippen molar-refractivity contribution in [2.75, 3.05) is 20.3 Å². The first kappa shape index (κ1) is 13.7. The fraction of sp³-hybridized carbons (Fsp3) is 0.636. The number of imidazole rings is 1. The summed E-state index contributed by atoms with van der Waals surface area (Å²) in [7, 11) is 3.53. The molecule has 0 bridgehead atoms. The molecule has 1 rings (SSSR count). The molecule has 0 radical (unpaired) electrons. The number of hydrogen-bond acceptors (Lipinski definition) is 4. The minimum absolute atomic E-state index is 0.0312. The number of rotatable bonds is 7. The van der Waals surface area contributed by atoms with Crippen LogP contribution in [0.2, 0.25) is 0 Å². The van der Waals surface area contributed by atoms with Gasteiger partial charge in [0.1, 0.15) is 5.82 Å². The summed E-state index contributed by atoms with van der Waals surface area (Å²) >= 11 is 0. The predicted octanol–water partition coefficient (Wildman–Crippen LogP) is -0.339. The van der Waals surface area contributed by atoms with E-state index in [2.05, 4.69) is 15.6 Å². The third-order valence-electron chi connectivity index (χ3n) is 2.49. The van der Waals surface area contributed by atoms with Crippen molar-refractivity contribution < 1.29 is 9.53 Å². The standard InChI is InChI=1S/C11H20N4O2/c1-9(11(16)13-5-7-17-3)14-8-10-12-4-6-15(10)2/h4,6,9,14H,5,7-8H2,1-3H3,(H,13,16). The van der Waals surface area contributed by atoms with Crippen molar-refractivity contribution in [2.45, 2.75) is 19.5 Å². The van der Waals surface area contributed by atoms with E-state index in [0.29, 0.717) is 19.7 Å². The van der Waals surface area contributed by atoms with Crippen LogP contribution in [0.3, 0.4) is 0 Å². The fourth-order valence-corrected chi connectivity index (χ4v) is 1.33. The molecule has 0 spiro atoms. The van der Waals surface area contributed by atoms with Crippen molar-refractivity contribution in [1.29, 1.82) is 0 Å². The Morgan fingerprint density at radius 1 is 1.65 bits per heavy atom. The van der Waals surface area contributed by atoms with Crippen LogP contribution >= 0.6 is 0 Å². The summed E-state index contributed by atoms with van der Waals surface area (Å²) in [6.07, 6.45) is 3.61. The molecule has 6 nitrogen and oxygen atoms in total. The van der Waals surface area contributed by atoms with Crippen LogP contribution in [0.4, 0.5) is 0 Å². The molecular weight excluding hydrogens is 220 g/mol. The van der Waals surface area contributed by atoms with E-state index in [4.69, 9.17) is 4.74 Å². The highest BCUT2D eigenvalue weighted by Crippen LogP contribution is 1.94. The van der Waals surface area contributed by atoms with E-state index < -0.39 is 0 Å². The summed E-state index contributed by atoms with van der Waals surface area (Å²) in [5.41, 5.74) is 0. The Labute approximate surface area is 101 Å². The Balaban J connectivity index is 2.27. The summed E-state index contributed by atoms with van der Waals surface area (Å²) in [6.45, 7) is 3.45. The molecule has 2 N–H and O–H groups in total. The molecule has 0 fully saturated rings. The van der Waals surface area contributed by atoms with Crippen molar-refractivity contribution in [1.82, 2.24) is 20.2 Å². The number of nitrogens with one attached hydrogen (secondary N) is 2. The van der Waals surface area contributed by atoms with Crippen molar-refractivity contribution in [3.8, 4) is 0 Å². The molecule has 0 aliphatic carbocycles. The maximum atomic E-state index is 11.6. The minimum atomic E-state index is -0.247. The maximum absolute atomic E-state index is 11.6. The molecule has 0 saturated carbocycles. The molecular formula is C11H20N4O2. The maximum Gasteiger partial charge on any atom is 0.236 e. The lowest BCUT2D eigenvalue weighted by Gasteiger charge is -2.13. The van der Waals surface area contributed by atoms with Crippen LogP contribution in [-0.4, -0.2) is 41.8 Å². The van der Waals surface area contributed by atoms with E-state index in [0.717, 1.165) is 5.82 Å². The second-order valence-electron chi connectivity index (χ2n) is 3.84. The third-order valence-corrected chi connectivity index (χ3v) is 2.49. The lowest BCUT2D eigenvalue weighted by molar-refractivity contribution is -0.123. The van der Waals surface area contributed by atoms with Crippen LogP contribution in [0.15, 0.2) is 12.4 Å². The molecule has 1 amide bonds. The first-order valence-electron chi connectivity index (χ1n) is 5.61. The molecule has 17 heavy (non-hydrogen) atoms. The molecule has 1 heterocycles. The van der Waals surface area contributed by atoms with Gasteiger partial charge in [-0.05, 0) is 6.92 Å². The van der Waals surface area contributed by atoms with Gasteiger partial charge in [0, 0.05) is 33.1 Å². The fourth-order valence-electron chi connectivity index (χ4n) is 1.33. The van der Waals surface area contributed by atoms with Gasteiger partial charge >= 0.3 is 0 Å². The molecule has 0 aromatic carbocycles. The zero-order valence-corrected chi connectivity index (χ0v) is 10.6. The van der Waals surface area contributed by atoms with E-state index in [9.17, 15) is 4.79 Å². The van der Waals surface area contributed by atoms with Gasteiger partial charge in [-0.2, -0.15) is 0 Å². The zero-order valence-electron chi connectivity index (χ0n) is 10.6. The lowest BCUT2D eigenvalue weighted by atomic mass is 10.3. The zero-order chi connectivity index (χ0) is 12.7. The highest BCUT2D eigenvalue weighted by Gasteiger charge is 2.12. The topological polar surface area (TPSA) is 68.2 Å². The third kappa shape index (κ3) is 4.54.